The first kappa shape index (κ1) is 18.1. The number of nitro groups is 1. The lowest BCUT2D eigenvalue weighted by molar-refractivity contribution is -0.496. The zero-order valence-corrected chi connectivity index (χ0v) is 13.5. The van der Waals surface area contributed by atoms with Crippen molar-refractivity contribution in [3.63, 3.8) is 0 Å². The van der Waals surface area contributed by atoms with Crippen LogP contribution in [0.3, 0.4) is 0 Å². The Hall–Kier alpha value is -1.95. The van der Waals surface area contributed by atoms with E-state index in [0.29, 0.717) is 6.41 Å². The van der Waals surface area contributed by atoms with Gasteiger partial charge in [0.25, 0.3) is 0 Å². The minimum Gasteiger partial charge on any atom is -0.361 e. The van der Waals surface area contributed by atoms with Crippen molar-refractivity contribution in [2.24, 2.45) is 5.41 Å². The fourth-order valence-electron chi connectivity index (χ4n) is 2.16. The average Bonchev–Trinajstić information content (AvgIpc) is 2.43. The van der Waals surface area contributed by atoms with Crippen LogP contribution in [-0.2, 0) is 9.53 Å². The Morgan fingerprint density at radius 2 is 1.91 bits per heavy atom. The molecule has 0 aliphatic heterocycles. The third-order valence-corrected chi connectivity index (χ3v) is 3.50. The number of ether oxygens (including phenoxy) is 1. The van der Waals surface area contributed by atoms with Crippen molar-refractivity contribution >= 4 is 6.41 Å². The van der Waals surface area contributed by atoms with E-state index in [1.165, 1.54) is 0 Å². The molecule has 0 aliphatic carbocycles. The lowest BCUT2D eigenvalue weighted by atomic mass is 9.88. The van der Waals surface area contributed by atoms with Gasteiger partial charge in [-0.2, -0.15) is 0 Å². The molecule has 0 fully saturated rings. The Morgan fingerprint density at radius 3 is 2.36 bits per heavy atom. The molecule has 122 valence electrons. The minimum absolute atomic E-state index is 0.277. The summed E-state index contributed by atoms with van der Waals surface area (Å²) in [6.07, 6.45) is -0.400. The van der Waals surface area contributed by atoms with E-state index in [1.807, 2.05) is 58.0 Å². The van der Waals surface area contributed by atoms with E-state index in [0.717, 1.165) is 5.56 Å². The molecular formula is C16H24N2O4. The number of benzene rings is 1. The molecule has 1 N–H and O–H groups in total. The molecule has 0 bridgehead atoms. The first-order valence-electron chi connectivity index (χ1n) is 7.27. The quantitative estimate of drug-likeness (QED) is 0.454. The van der Waals surface area contributed by atoms with Gasteiger partial charge in [0.2, 0.25) is 13.0 Å². The highest BCUT2D eigenvalue weighted by molar-refractivity contribution is 5.47. The van der Waals surface area contributed by atoms with Crippen molar-refractivity contribution < 1.29 is 14.5 Å². The molecule has 1 aromatic carbocycles. The number of carbonyl (C=O) groups excluding carboxylic acids is 1. The van der Waals surface area contributed by atoms with E-state index in [9.17, 15) is 14.9 Å². The molecule has 1 rings (SSSR count). The maximum atomic E-state index is 10.9. The van der Waals surface area contributed by atoms with Crippen LogP contribution in [0.25, 0.3) is 0 Å². The summed E-state index contributed by atoms with van der Waals surface area (Å²) in [5.74, 6) is 0. The maximum Gasteiger partial charge on any atom is 0.230 e. The van der Waals surface area contributed by atoms with Gasteiger partial charge in [0.15, 0.2) is 0 Å². The standard InChI is InChI=1S/C16H24N2O4/c1-12(17-11-19)15(13-8-6-5-7-9-13)22-14(10-18(20)21)16(2,3)4/h5-9,11-12,14-15H,10H2,1-4H3,(H,17,19)/t12-,14-,15+/m0/s1. The van der Waals surface area contributed by atoms with E-state index in [2.05, 4.69) is 5.32 Å². The highest BCUT2D eigenvalue weighted by Crippen LogP contribution is 2.30. The Labute approximate surface area is 131 Å². The monoisotopic (exact) mass is 308 g/mol. The Morgan fingerprint density at radius 1 is 1.32 bits per heavy atom. The van der Waals surface area contributed by atoms with E-state index >= 15 is 0 Å². The molecule has 0 saturated heterocycles. The highest BCUT2D eigenvalue weighted by Gasteiger charge is 2.34. The molecule has 3 atom stereocenters. The van der Waals surface area contributed by atoms with Crippen molar-refractivity contribution in [2.75, 3.05) is 6.54 Å². The largest absolute Gasteiger partial charge is 0.361 e. The number of nitrogens with one attached hydrogen (secondary N) is 1. The molecule has 0 spiro atoms. The van der Waals surface area contributed by atoms with E-state index < -0.39 is 12.2 Å². The molecule has 0 aromatic heterocycles. The van der Waals surface area contributed by atoms with E-state index in [-0.39, 0.29) is 22.9 Å². The van der Waals surface area contributed by atoms with Gasteiger partial charge in [0.1, 0.15) is 12.2 Å². The molecule has 22 heavy (non-hydrogen) atoms. The minimum atomic E-state index is -0.566. The molecule has 1 aromatic rings. The number of hydrogen-bond donors (Lipinski definition) is 1. The third kappa shape index (κ3) is 5.44. The zero-order valence-electron chi connectivity index (χ0n) is 13.5. The van der Waals surface area contributed by atoms with Crippen molar-refractivity contribution in [2.45, 2.75) is 45.9 Å². The number of rotatable bonds is 8. The number of nitrogens with zero attached hydrogens (tertiary/aromatic N) is 1. The summed E-state index contributed by atoms with van der Waals surface area (Å²) in [6, 6.07) is 9.12. The van der Waals surface area contributed by atoms with Gasteiger partial charge >= 0.3 is 0 Å². The molecule has 0 radical (unpaired) electrons. The van der Waals surface area contributed by atoms with Crippen molar-refractivity contribution in [3.05, 3.63) is 46.0 Å². The molecule has 1 amide bonds. The summed E-state index contributed by atoms with van der Waals surface area (Å²) in [5.41, 5.74) is 0.489. The summed E-state index contributed by atoms with van der Waals surface area (Å²) in [5, 5.41) is 13.6. The second-order valence-electron chi connectivity index (χ2n) is 6.41. The fourth-order valence-corrected chi connectivity index (χ4v) is 2.16. The topological polar surface area (TPSA) is 81.5 Å². The second kappa shape index (κ2) is 7.89. The van der Waals surface area contributed by atoms with Crippen LogP contribution in [0.15, 0.2) is 30.3 Å². The predicted octanol–water partition coefficient (Wildman–Crippen LogP) is 2.57. The molecule has 0 unspecified atom stereocenters. The van der Waals surface area contributed by atoms with Crippen LogP contribution in [-0.4, -0.2) is 30.0 Å². The van der Waals surface area contributed by atoms with Crippen LogP contribution < -0.4 is 5.32 Å². The molecular weight excluding hydrogens is 284 g/mol. The lowest BCUT2D eigenvalue weighted by Gasteiger charge is -2.34. The van der Waals surface area contributed by atoms with Gasteiger partial charge < -0.3 is 10.1 Å². The van der Waals surface area contributed by atoms with Crippen LogP contribution in [0.4, 0.5) is 0 Å². The molecule has 0 aliphatic rings. The molecule has 0 heterocycles. The summed E-state index contributed by atoms with van der Waals surface area (Å²) in [4.78, 5) is 21.3. The van der Waals surface area contributed by atoms with Crippen LogP contribution in [0, 0.1) is 15.5 Å². The average molecular weight is 308 g/mol. The number of carbonyl (C=O) groups is 1. The van der Waals surface area contributed by atoms with Gasteiger partial charge in [-0.05, 0) is 17.9 Å². The number of hydrogen-bond acceptors (Lipinski definition) is 4. The van der Waals surface area contributed by atoms with Gasteiger partial charge in [-0.15, -0.1) is 0 Å². The zero-order chi connectivity index (χ0) is 16.8. The summed E-state index contributed by atoms with van der Waals surface area (Å²) < 4.78 is 6.06. The summed E-state index contributed by atoms with van der Waals surface area (Å²) >= 11 is 0. The number of amides is 1. The SMILES string of the molecule is C[C@H](NC=O)[C@@H](O[C@@H](C[N+](=O)[O-])C(C)(C)C)c1ccccc1. The Bertz CT molecular complexity index is 485. The summed E-state index contributed by atoms with van der Waals surface area (Å²) in [7, 11) is 0. The Balaban J connectivity index is 3.04. The van der Waals surface area contributed by atoms with Gasteiger partial charge in [-0.1, -0.05) is 51.1 Å². The third-order valence-electron chi connectivity index (χ3n) is 3.50. The smallest absolute Gasteiger partial charge is 0.230 e. The van der Waals surface area contributed by atoms with Crippen LogP contribution in [0.5, 0.6) is 0 Å². The first-order chi connectivity index (χ1) is 10.3. The van der Waals surface area contributed by atoms with Crippen molar-refractivity contribution in [1.82, 2.24) is 5.32 Å². The lowest BCUT2D eigenvalue weighted by Crippen LogP contribution is -2.41. The van der Waals surface area contributed by atoms with Crippen molar-refractivity contribution in [1.29, 1.82) is 0 Å². The molecule has 0 saturated carbocycles. The fraction of sp³-hybridized carbons (Fsp3) is 0.562. The van der Waals surface area contributed by atoms with Gasteiger partial charge in [0.05, 0.1) is 6.04 Å². The molecule has 6 nitrogen and oxygen atoms in total. The predicted molar refractivity (Wildman–Crippen MR) is 84.0 cm³/mol. The van der Waals surface area contributed by atoms with Gasteiger partial charge in [-0.25, -0.2) is 0 Å². The first-order valence-corrected chi connectivity index (χ1v) is 7.27. The van der Waals surface area contributed by atoms with Crippen molar-refractivity contribution in [3.8, 4) is 0 Å². The Kier molecular flexibility index (Phi) is 6.49. The summed E-state index contributed by atoms with van der Waals surface area (Å²) in [6.45, 7) is 7.25. The van der Waals surface area contributed by atoms with E-state index in [4.69, 9.17) is 4.74 Å². The van der Waals surface area contributed by atoms with Crippen LogP contribution in [0.1, 0.15) is 39.4 Å². The van der Waals surface area contributed by atoms with Crippen LogP contribution >= 0.6 is 0 Å². The van der Waals surface area contributed by atoms with Crippen LogP contribution in [0.2, 0.25) is 0 Å². The normalized spacial score (nSPS) is 15.6. The molecule has 6 heteroatoms. The van der Waals surface area contributed by atoms with E-state index in [1.54, 1.807) is 0 Å². The highest BCUT2D eigenvalue weighted by atomic mass is 16.6. The van der Waals surface area contributed by atoms with Gasteiger partial charge in [0, 0.05) is 4.92 Å². The maximum absolute atomic E-state index is 10.9. The second-order valence-corrected chi connectivity index (χ2v) is 6.41. The van der Waals surface area contributed by atoms with Gasteiger partial charge in [-0.3, -0.25) is 14.9 Å².